The van der Waals surface area contributed by atoms with Crippen LogP contribution in [0.25, 0.3) is 0 Å². The average molecular weight is 473 g/mol. The summed E-state index contributed by atoms with van der Waals surface area (Å²) in [6, 6.07) is 6.86. The minimum atomic E-state index is -0.398. The summed E-state index contributed by atoms with van der Waals surface area (Å²) in [5, 5.41) is 0. The molecule has 0 radical (unpaired) electrons. The predicted octanol–water partition coefficient (Wildman–Crippen LogP) is 3.34. The van der Waals surface area contributed by atoms with E-state index in [1.165, 1.54) is 18.6 Å². The fraction of sp³-hybridized carbons (Fsp3) is 0.692. The molecule has 4 saturated heterocycles. The maximum Gasteiger partial charge on any atom is 0.319 e. The summed E-state index contributed by atoms with van der Waals surface area (Å²) >= 11 is 0. The number of halogens is 1. The lowest BCUT2D eigenvalue weighted by Crippen LogP contribution is -2.51. The predicted molar refractivity (Wildman–Crippen MR) is 128 cm³/mol. The van der Waals surface area contributed by atoms with Gasteiger partial charge in [0, 0.05) is 71.0 Å². The molecule has 0 aromatic heterocycles. The number of piperidine rings is 2. The Bertz CT molecular complexity index is 857. The van der Waals surface area contributed by atoms with Crippen LogP contribution in [-0.4, -0.2) is 91.7 Å². The molecule has 8 heteroatoms. The number of nitrogens with zero attached hydrogens (tertiary/aromatic N) is 4. The number of benzene rings is 1. The quantitative estimate of drug-likeness (QED) is 0.629. The smallest absolute Gasteiger partial charge is 0.319 e. The molecule has 4 fully saturated rings. The Balaban J connectivity index is 1.05. The van der Waals surface area contributed by atoms with Gasteiger partial charge >= 0.3 is 12.0 Å². The second-order valence-corrected chi connectivity index (χ2v) is 10.4. The Labute approximate surface area is 201 Å². The van der Waals surface area contributed by atoms with Crippen LogP contribution in [0.4, 0.5) is 14.9 Å². The lowest BCUT2D eigenvalue weighted by molar-refractivity contribution is -0.150. The van der Waals surface area contributed by atoms with Crippen molar-refractivity contribution in [1.29, 1.82) is 0 Å². The average Bonchev–Trinajstić information content (AvgIpc) is 3.18. The number of esters is 1. The fourth-order valence-corrected chi connectivity index (χ4v) is 6.03. The molecule has 0 aliphatic carbocycles. The number of piperazine rings is 1. The Morgan fingerprint density at radius 3 is 2.24 bits per heavy atom. The van der Waals surface area contributed by atoms with Gasteiger partial charge in [-0.05, 0) is 62.8 Å². The van der Waals surface area contributed by atoms with Crippen molar-refractivity contribution in [3.8, 4) is 0 Å². The van der Waals surface area contributed by atoms with Crippen LogP contribution in [0.15, 0.2) is 24.3 Å². The number of ether oxygens (including phenoxy) is 1. The first-order valence-corrected chi connectivity index (χ1v) is 13.0. The second kappa shape index (κ2) is 10.1. The van der Waals surface area contributed by atoms with Gasteiger partial charge in [0.25, 0.3) is 0 Å². The van der Waals surface area contributed by atoms with E-state index in [4.69, 9.17) is 4.74 Å². The van der Waals surface area contributed by atoms with Crippen molar-refractivity contribution in [3.63, 3.8) is 0 Å². The van der Waals surface area contributed by atoms with Crippen LogP contribution in [-0.2, 0) is 9.53 Å². The summed E-state index contributed by atoms with van der Waals surface area (Å²) in [6.07, 6.45) is 6.47. The third kappa shape index (κ3) is 5.02. The molecule has 0 saturated carbocycles. The summed E-state index contributed by atoms with van der Waals surface area (Å²) in [5.74, 6) is -0.255. The van der Waals surface area contributed by atoms with E-state index in [1.807, 2.05) is 21.9 Å². The van der Waals surface area contributed by atoms with Gasteiger partial charge in [0.2, 0.25) is 0 Å². The highest BCUT2D eigenvalue weighted by molar-refractivity contribution is 5.80. The van der Waals surface area contributed by atoms with E-state index in [2.05, 4.69) is 9.80 Å². The van der Waals surface area contributed by atoms with Gasteiger partial charge in [0.15, 0.2) is 0 Å². The van der Waals surface area contributed by atoms with Gasteiger partial charge in [0.05, 0.1) is 5.41 Å². The molecule has 1 aromatic rings. The normalized spacial score (nSPS) is 25.6. The van der Waals surface area contributed by atoms with Crippen molar-refractivity contribution in [2.75, 3.05) is 63.8 Å². The Morgan fingerprint density at radius 1 is 0.912 bits per heavy atom. The van der Waals surface area contributed by atoms with E-state index in [0.717, 1.165) is 90.0 Å². The summed E-state index contributed by atoms with van der Waals surface area (Å²) in [7, 11) is 0. The highest BCUT2D eigenvalue weighted by Gasteiger charge is 2.51. The van der Waals surface area contributed by atoms with Crippen molar-refractivity contribution in [2.24, 2.45) is 5.41 Å². The molecule has 1 spiro atoms. The van der Waals surface area contributed by atoms with Crippen LogP contribution in [0.1, 0.15) is 44.9 Å². The Morgan fingerprint density at radius 2 is 1.56 bits per heavy atom. The van der Waals surface area contributed by atoms with E-state index in [0.29, 0.717) is 13.1 Å². The minimum Gasteiger partial charge on any atom is -0.462 e. The van der Waals surface area contributed by atoms with E-state index in [9.17, 15) is 14.0 Å². The van der Waals surface area contributed by atoms with Gasteiger partial charge < -0.3 is 19.4 Å². The van der Waals surface area contributed by atoms with Crippen LogP contribution < -0.4 is 4.90 Å². The number of cyclic esters (lactones) is 1. The van der Waals surface area contributed by atoms with Crippen molar-refractivity contribution in [2.45, 2.75) is 51.0 Å². The maximum absolute atomic E-state index is 13.2. The second-order valence-electron chi connectivity index (χ2n) is 10.4. The first kappa shape index (κ1) is 23.4. The minimum absolute atomic E-state index is 0.0213. The van der Waals surface area contributed by atoms with Crippen LogP contribution in [0, 0.1) is 11.2 Å². The molecule has 0 bridgehead atoms. The molecule has 4 aliphatic rings. The molecule has 1 aromatic carbocycles. The van der Waals surface area contributed by atoms with Crippen molar-refractivity contribution in [3.05, 3.63) is 30.1 Å². The van der Waals surface area contributed by atoms with Gasteiger partial charge in [-0.15, -0.1) is 0 Å². The molecular formula is C26H37FN4O3. The lowest BCUT2D eigenvalue weighted by atomic mass is 9.76. The number of hydrogen-bond donors (Lipinski definition) is 0. The van der Waals surface area contributed by atoms with Gasteiger partial charge in [-0.1, -0.05) is 0 Å². The molecular weight excluding hydrogens is 435 g/mol. The lowest BCUT2D eigenvalue weighted by Gasteiger charge is -2.39. The summed E-state index contributed by atoms with van der Waals surface area (Å²) in [5.41, 5.74) is 0.669. The number of amides is 2. The third-order valence-electron chi connectivity index (χ3n) is 8.27. The maximum atomic E-state index is 13.2. The number of carbonyl (C=O) groups is 2. The standard InChI is InChI=1S/C26H37FN4O3/c27-21-4-6-22(7-5-21)29-18-16-28(17-19-29)13-8-23-20-26(24(32)34-23)9-14-31(15-10-26)25(33)30-11-2-1-3-12-30/h4-7,23H,1-3,8-20H2/t23-/m0/s1. The first-order valence-electron chi connectivity index (χ1n) is 13.0. The zero-order chi connectivity index (χ0) is 23.5. The monoisotopic (exact) mass is 472 g/mol. The van der Waals surface area contributed by atoms with E-state index < -0.39 is 5.41 Å². The highest BCUT2D eigenvalue weighted by atomic mass is 19.1. The van der Waals surface area contributed by atoms with Crippen LogP contribution in [0.3, 0.4) is 0 Å². The number of carbonyl (C=O) groups excluding carboxylic acids is 2. The molecule has 5 rings (SSSR count). The van der Waals surface area contributed by atoms with Crippen molar-refractivity contribution in [1.82, 2.24) is 14.7 Å². The topological polar surface area (TPSA) is 56.3 Å². The SMILES string of the molecule is O=C(N1CCCCC1)N1CCC2(CC1)C[C@H](CCN1CCN(c3ccc(F)cc3)CC1)OC2=O. The molecule has 186 valence electrons. The van der Waals surface area contributed by atoms with Gasteiger partial charge in [-0.25, -0.2) is 9.18 Å². The highest BCUT2D eigenvalue weighted by Crippen LogP contribution is 2.44. The molecule has 2 amide bonds. The fourth-order valence-electron chi connectivity index (χ4n) is 6.03. The van der Waals surface area contributed by atoms with Gasteiger partial charge in [-0.3, -0.25) is 9.69 Å². The molecule has 4 aliphatic heterocycles. The zero-order valence-corrected chi connectivity index (χ0v) is 20.1. The van der Waals surface area contributed by atoms with E-state index in [-0.39, 0.29) is 23.9 Å². The van der Waals surface area contributed by atoms with E-state index in [1.54, 1.807) is 0 Å². The number of hydrogen-bond acceptors (Lipinski definition) is 5. The third-order valence-corrected chi connectivity index (χ3v) is 8.27. The van der Waals surface area contributed by atoms with Crippen LogP contribution in [0.5, 0.6) is 0 Å². The van der Waals surface area contributed by atoms with Crippen molar-refractivity contribution >= 4 is 17.7 Å². The molecule has 4 heterocycles. The Kier molecular flexibility index (Phi) is 6.95. The van der Waals surface area contributed by atoms with Crippen LogP contribution in [0.2, 0.25) is 0 Å². The first-order chi connectivity index (χ1) is 16.5. The summed E-state index contributed by atoms with van der Waals surface area (Å²) in [4.78, 5) is 34.3. The summed E-state index contributed by atoms with van der Waals surface area (Å²) < 4.78 is 19.0. The number of urea groups is 1. The van der Waals surface area contributed by atoms with Gasteiger partial charge in [0.1, 0.15) is 11.9 Å². The Hall–Kier alpha value is -2.35. The number of anilines is 1. The molecule has 0 unspecified atom stereocenters. The van der Waals surface area contributed by atoms with Gasteiger partial charge in [-0.2, -0.15) is 0 Å². The summed E-state index contributed by atoms with van der Waals surface area (Å²) in [6.45, 7) is 7.71. The molecule has 1 atom stereocenters. The van der Waals surface area contributed by atoms with Crippen molar-refractivity contribution < 1.29 is 18.7 Å². The number of rotatable bonds is 4. The molecule has 34 heavy (non-hydrogen) atoms. The number of likely N-dealkylation sites (tertiary alicyclic amines) is 2. The zero-order valence-electron chi connectivity index (χ0n) is 20.1. The van der Waals surface area contributed by atoms with E-state index >= 15 is 0 Å². The largest absolute Gasteiger partial charge is 0.462 e. The molecule has 7 nitrogen and oxygen atoms in total. The van der Waals surface area contributed by atoms with Crippen LogP contribution >= 0.6 is 0 Å². The molecule has 0 N–H and O–H groups in total.